The highest BCUT2D eigenvalue weighted by Crippen LogP contribution is 2.33. The van der Waals surface area contributed by atoms with Crippen LogP contribution in [0.15, 0.2) is 24.5 Å². The molecule has 0 unspecified atom stereocenters. The Balaban J connectivity index is 1.61. The lowest BCUT2D eigenvalue weighted by molar-refractivity contribution is 0.00569. The Kier molecular flexibility index (Phi) is 4.23. The van der Waals surface area contributed by atoms with Crippen molar-refractivity contribution in [2.75, 3.05) is 25.5 Å². The molecular weight excluding hydrogens is 348 g/mol. The Morgan fingerprint density at radius 2 is 2.15 bits per heavy atom. The lowest BCUT2D eigenvalue weighted by Crippen LogP contribution is -2.46. The van der Waals surface area contributed by atoms with Gasteiger partial charge in [0.15, 0.2) is 0 Å². The number of hydrogen-bond donors (Lipinski definition) is 4. The number of imidazole rings is 1. The van der Waals surface area contributed by atoms with Crippen LogP contribution in [0, 0.1) is 0 Å². The highest BCUT2D eigenvalue weighted by molar-refractivity contribution is 5.98. The van der Waals surface area contributed by atoms with Gasteiger partial charge in [-0.15, -0.1) is 0 Å². The number of rotatable bonds is 3. The second kappa shape index (κ2) is 6.58. The summed E-state index contributed by atoms with van der Waals surface area (Å²) >= 11 is 0. The second-order valence-corrected chi connectivity index (χ2v) is 7.03. The molecule has 0 radical (unpaired) electrons. The molecule has 1 saturated heterocycles. The maximum Gasteiger partial charge on any atom is 0.324 e. The average Bonchev–Trinajstić information content (AvgIpc) is 3.30. The number of anilines is 1. The normalized spacial score (nSPS) is 16.5. The van der Waals surface area contributed by atoms with Gasteiger partial charge < -0.3 is 19.7 Å². The maximum atomic E-state index is 12.6. The zero-order chi connectivity index (χ0) is 19.0. The molecule has 2 aromatic heterocycles. The molecule has 4 rings (SSSR count). The number of carbonyl (C=O) groups excluding carboxylic acids is 1. The molecule has 1 fully saturated rings. The highest BCUT2D eigenvalue weighted by Gasteiger charge is 2.30. The Morgan fingerprint density at radius 1 is 1.37 bits per heavy atom. The number of methoxy groups -OCH3 is 1. The van der Waals surface area contributed by atoms with Crippen molar-refractivity contribution < 1.29 is 14.6 Å². The van der Waals surface area contributed by atoms with Gasteiger partial charge in [-0.05, 0) is 31.9 Å². The zero-order valence-electron chi connectivity index (χ0n) is 15.2. The largest absolute Gasteiger partial charge is 0.494 e. The van der Waals surface area contributed by atoms with Crippen LogP contribution in [-0.2, 0) is 0 Å². The summed E-state index contributed by atoms with van der Waals surface area (Å²) in [6, 6.07) is 3.51. The van der Waals surface area contributed by atoms with Gasteiger partial charge in [0.25, 0.3) is 0 Å². The van der Waals surface area contributed by atoms with Crippen molar-refractivity contribution in [3.63, 3.8) is 0 Å². The molecule has 3 aromatic rings. The fourth-order valence-electron chi connectivity index (χ4n) is 3.30. The van der Waals surface area contributed by atoms with E-state index in [0.29, 0.717) is 48.7 Å². The molecule has 3 heterocycles. The summed E-state index contributed by atoms with van der Waals surface area (Å²) < 4.78 is 5.41. The quantitative estimate of drug-likeness (QED) is 0.564. The number of amides is 2. The lowest BCUT2D eigenvalue weighted by Gasteiger charge is -2.35. The van der Waals surface area contributed by atoms with E-state index < -0.39 is 5.60 Å². The van der Waals surface area contributed by atoms with Crippen LogP contribution in [0.4, 0.5) is 10.7 Å². The third-order valence-electron chi connectivity index (χ3n) is 4.99. The Labute approximate surface area is 155 Å². The van der Waals surface area contributed by atoms with Crippen LogP contribution in [0.1, 0.15) is 19.8 Å². The number of carbonyl (C=O) groups is 1. The Bertz CT molecular complexity index is 953. The first-order valence-electron chi connectivity index (χ1n) is 8.81. The van der Waals surface area contributed by atoms with E-state index in [0.717, 1.165) is 11.1 Å². The standard InChI is InChI=1S/C18H22N6O3/c1-18(26)5-7-24(8-6-18)17(25)23-16-21-14-12(11-9-19-20-10-11)3-4-13(27-2)15(14)22-16/h3-4,9-10,26H,5-8H2,1-2H3,(H,19,20)(H2,21,22,23,25). The number of nitrogens with zero attached hydrogens (tertiary/aromatic N) is 3. The summed E-state index contributed by atoms with van der Waals surface area (Å²) in [6.07, 6.45) is 4.61. The number of nitrogens with one attached hydrogen (secondary N) is 3. The molecule has 142 valence electrons. The first-order chi connectivity index (χ1) is 13.0. The Hall–Kier alpha value is -3.07. The molecule has 1 aromatic carbocycles. The fourth-order valence-corrected chi connectivity index (χ4v) is 3.30. The van der Waals surface area contributed by atoms with Crippen molar-refractivity contribution in [2.24, 2.45) is 0 Å². The van der Waals surface area contributed by atoms with Crippen LogP contribution in [0.2, 0.25) is 0 Å². The summed E-state index contributed by atoms with van der Waals surface area (Å²) in [5.41, 5.74) is 2.46. The maximum absolute atomic E-state index is 12.6. The Morgan fingerprint density at radius 3 is 2.81 bits per heavy atom. The van der Waals surface area contributed by atoms with Crippen LogP contribution >= 0.6 is 0 Å². The third-order valence-corrected chi connectivity index (χ3v) is 4.99. The van der Waals surface area contributed by atoms with Gasteiger partial charge in [-0.25, -0.2) is 9.78 Å². The predicted molar refractivity (Wildman–Crippen MR) is 101 cm³/mol. The van der Waals surface area contributed by atoms with Crippen LogP contribution in [0.25, 0.3) is 22.2 Å². The van der Waals surface area contributed by atoms with Crippen molar-refractivity contribution in [1.82, 2.24) is 25.1 Å². The van der Waals surface area contributed by atoms with Gasteiger partial charge in [0, 0.05) is 30.4 Å². The smallest absolute Gasteiger partial charge is 0.324 e. The summed E-state index contributed by atoms with van der Waals surface area (Å²) in [6.45, 7) is 2.80. The molecule has 0 saturated carbocycles. The van der Waals surface area contributed by atoms with Gasteiger partial charge >= 0.3 is 6.03 Å². The molecule has 1 aliphatic heterocycles. The topological polar surface area (TPSA) is 119 Å². The highest BCUT2D eigenvalue weighted by atomic mass is 16.5. The number of aliphatic hydroxyl groups is 1. The summed E-state index contributed by atoms with van der Waals surface area (Å²) in [5, 5.41) is 19.6. The van der Waals surface area contributed by atoms with Gasteiger partial charge in [-0.3, -0.25) is 10.4 Å². The number of benzene rings is 1. The lowest BCUT2D eigenvalue weighted by atomic mass is 9.94. The van der Waals surface area contributed by atoms with Crippen molar-refractivity contribution in [1.29, 1.82) is 0 Å². The second-order valence-electron chi connectivity index (χ2n) is 7.03. The summed E-state index contributed by atoms with van der Waals surface area (Å²) in [5.74, 6) is 0.987. The minimum atomic E-state index is -0.705. The minimum absolute atomic E-state index is 0.242. The SMILES string of the molecule is COc1ccc(-c2cn[nH]c2)c2nc(NC(=O)N3CCC(C)(O)CC3)[nH]c12. The van der Waals surface area contributed by atoms with Gasteiger partial charge in [-0.2, -0.15) is 5.10 Å². The monoisotopic (exact) mass is 370 g/mol. The van der Waals surface area contributed by atoms with Crippen molar-refractivity contribution in [3.8, 4) is 16.9 Å². The number of aromatic amines is 2. The van der Waals surface area contributed by atoms with Gasteiger partial charge in [0.1, 0.15) is 16.8 Å². The molecule has 9 nitrogen and oxygen atoms in total. The van der Waals surface area contributed by atoms with Gasteiger partial charge in [0.2, 0.25) is 5.95 Å². The predicted octanol–water partition coefficient (Wildman–Crippen LogP) is 2.34. The summed E-state index contributed by atoms with van der Waals surface area (Å²) in [4.78, 5) is 21.9. The van der Waals surface area contributed by atoms with E-state index in [4.69, 9.17) is 4.74 Å². The number of H-pyrrole nitrogens is 2. The van der Waals surface area contributed by atoms with E-state index in [2.05, 4.69) is 25.5 Å². The van der Waals surface area contributed by atoms with Crippen molar-refractivity contribution in [2.45, 2.75) is 25.4 Å². The fraction of sp³-hybridized carbons (Fsp3) is 0.389. The molecule has 9 heteroatoms. The van der Waals surface area contributed by atoms with E-state index in [-0.39, 0.29) is 6.03 Å². The van der Waals surface area contributed by atoms with E-state index in [1.807, 2.05) is 12.1 Å². The number of fused-ring (bicyclic) bond motifs is 1. The van der Waals surface area contributed by atoms with Crippen molar-refractivity contribution >= 4 is 23.0 Å². The zero-order valence-corrected chi connectivity index (χ0v) is 15.2. The molecule has 0 bridgehead atoms. The van der Waals surface area contributed by atoms with Crippen molar-refractivity contribution in [3.05, 3.63) is 24.5 Å². The number of ether oxygens (including phenoxy) is 1. The van der Waals surface area contributed by atoms with Crippen LogP contribution < -0.4 is 10.1 Å². The van der Waals surface area contributed by atoms with Gasteiger partial charge in [0.05, 0.1) is 18.9 Å². The number of likely N-dealkylation sites (tertiary alicyclic amines) is 1. The van der Waals surface area contributed by atoms with Crippen LogP contribution in [0.3, 0.4) is 0 Å². The minimum Gasteiger partial charge on any atom is -0.494 e. The molecule has 0 aliphatic carbocycles. The molecule has 1 aliphatic rings. The van der Waals surface area contributed by atoms with Crippen LogP contribution in [-0.4, -0.2) is 62.0 Å². The summed E-state index contributed by atoms with van der Waals surface area (Å²) in [7, 11) is 1.59. The van der Waals surface area contributed by atoms with Gasteiger partial charge in [-0.1, -0.05) is 0 Å². The molecule has 4 N–H and O–H groups in total. The van der Waals surface area contributed by atoms with E-state index in [1.165, 1.54) is 0 Å². The molecule has 0 atom stereocenters. The average molecular weight is 370 g/mol. The molecule has 27 heavy (non-hydrogen) atoms. The number of hydrogen-bond acceptors (Lipinski definition) is 5. The van der Waals surface area contributed by atoms with Crippen LogP contribution in [0.5, 0.6) is 5.75 Å². The van der Waals surface area contributed by atoms with E-state index in [1.54, 1.807) is 31.3 Å². The molecular formula is C18H22N6O3. The van der Waals surface area contributed by atoms with E-state index in [9.17, 15) is 9.90 Å². The number of aromatic nitrogens is 4. The first kappa shape index (κ1) is 17.3. The molecule has 2 amide bonds. The van der Waals surface area contributed by atoms with E-state index >= 15 is 0 Å². The number of urea groups is 1. The third kappa shape index (κ3) is 3.33. The number of piperidine rings is 1. The molecule has 0 spiro atoms. The first-order valence-corrected chi connectivity index (χ1v) is 8.81.